The first-order valence-electron chi connectivity index (χ1n) is 7.40. The molecule has 0 aromatic rings. The number of amides is 1. The lowest BCUT2D eigenvalue weighted by molar-refractivity contribution is -0.142. The summed E-state index contributed by atoms with van der Waals surface area (Å²) in [4.78, 5) is 24.8. The van der Waals surface area contributed by atoms with Gasteiger partial charge in [-0.15, -0.1) is 0 Å². The molecule has 0 spiro atoms. The lowest BCUT2D eigenvalue weighted by Gasteiger charge is -2.31. The van der Waals surface area contributed by atoms with Gasteiger partial charge in [0.2, 0.25) is 0 Å². The first kappa shape index (κ1) is 16.5. The van der Waals surface area contributed by atoms with Crippen LogP contribution in [0.15, 0.2) is 24.3 Å². The number of aliphatic carboxylic acids is 1. The van der Waals surface area contributed by atoms with Crippen LogP contribution < -0.4 is 0 Å². The topological polar surface area (TPSA) is 87.1 Å². The van der Waals surface area contributed by atoms with Crippen LogP contribution in [0.4, 0.5) is 4.79 Å². The van der Waals surface area contributed by atoms with E-state index >= 15 is 0 Å². The molecule has 2 N–H and O–H groups in total. The van der Waals surface area contributed by atoms with Crippen molar-refractivity contribution >= 4 is 12.1 Å². The summed E-state index contributed by atoms with van der Waals surface area (Å²) in [6.45, 7) is 5.12. The maximum absolute atomic E-state index is 12.2. The average molecular weight is 309 g/mol. The summed E-state index contributed by atoms with van der Waals surface area (Å²) < 4.78 is 5.26. The van der Waals surface area contributed by atoms with Gasteiger partial charge in [-0.25, -0.2) is 9.59 Å². The monoisotopic (exact) mass is 309 g/mol. The lowest BCUT2D eigenvalue weighted by atomic mass is 9.81. The van der Waals surface area contributed by atoms with E-state index in [2.05, 4.69) is 0 Å². The highest BCUT2D eigenvalue weighted by atomic mass is 16.6. The van der Waals surface area contributed by atoms with Gasteiger partial charge in [0.05, 0.1) is 12.1 Å². The van der Waals surface area contributed by atoms with Gasteiger partial charge >= 0.3 is 12.1 Å². The number of hydrogen-bond donors (Lipinski definition) is 2. The van der Waals surface area contributed by atoms with E-state index in [1.165, 1.54) is 0 Å². The van der Waals surface area contributed by atoms with Gasteiger partial charge in [0.15, 0.2) is 0 Å². The molecular formula is C16H23NO5. The van der Waals surface area contributed by atoms with Crippen molar-refractivity contribution in [1.29, 1.82) is 0 Å². The molecule has 0 saturated carbocycles. The second kappa shape index (κ2) is 5.76. The summed E-state index contributed by atoms with van der Waals surface area (Å²) in [7, 11) is 0. The van der Waals surface area contributed by atoms with Crippen LogP contribution >= 0.6 is 0 Å². The maximum Gasteiger partial charge on any atom is 0.411 e. The molecule has 1 aliphatic heterocycles. The summed E-state index contributed by atoms with van der Waals surface area (Å²) in [6.07, 6.45) is 7.43. The largest absolute Gasteiger partial charge is 0.480 e. The Bertz CT molecular complexity index is 519. The van der Waals surface area contributed by atoms with Gasteiger partial charge in [0.25, 0.3) is 0 Å². The Labute approximate surface area is 130 Å². The quantitative estimate of drug-likeness (QED) is 0.814. The van der Waals surface area contributed by atoms with Crippen molar-refractivity contribution in [3.05, 3.63) is 24.3 Å². The van der Waals surface area contributed by atoms with E-state index in [1.54, 1.807) is 20.8 Å². The van der Waals surface area contributed by atoms with Crippen molar-refractivity contribution in [2.75, 3.05) is 6.54 Å². The zero-order valence-corrected chi connectivity index (χ0v) is 13.2. The first-order valence-corrected chi connectivity index (χ1v) is 7.40. The normalized spacial score (nSPS) is 31.4. The molecule has 1 unspecified atom stereocenters. The average Bonchev–Trinajstić information content (AvgIpc) is 2.78. The molecule has 1 amide bonds. The molecule has 6 nitrogen and oxygen atoms in total. The minimum atomic E-state index is -1.25. The van der Waals surface area contributed by atoms with Gasteiger partial charge in [-0.2, -0.15) is 0 Å². The SMILES string of the molecule is CC(C)(C)OC(=O)N1C[C@](O)(C2C=CC=CC2)C[C@H]1C(=O)O. The molecule has 22 heavy (non-hydrogen) atoms. The lowest BCUT2D eigenvalue weighted by Crippen LogP contribution is -2.45. The molecule has 2 aliphatic rings. The van der Waals surface area contributed by atoms with Crippen LogP contribution in [0.1, 0.15) is 33.6 Å². The van der Waals surface area contributed by atoms with Crippen molar-refractivity contribution in [2.45, 2.75) is 50.9 Å². The van der Waals surface area contributed by atoms with E-state index in [4.69, 9.17) is 4.74 Å². The number of hydrogen-bond acceptors (Lipinski definition) is 4. The van der Waals surface area contributed by atoms with Crippen LogP contribution in [0.2, 0.25) is 0 Å². The van der Waals surface area contributed by atoms with Crippen LogP contribution in [0.25, 0.3) is 0 Å². The third kappa shape index (κ3) is 3.50. The highest BCUT2D eigenvalue weighted by molar-refractivity contribution is 5.81. The summed E-state index contributed by atoms with van der Waals surface area (Å²) >= 11 is 0. The fourth-order valence-corrected chi connectivity index (χ4v) is 2.90. The van der Waals surface area contributed by atoms with Crippen molar-refractivity contribution < 1.29 is 24.5 Å². The molecule has 0 aromatic heterocycles. The fraction of sp³-hybridized carbons (Fsp3) is 0.625. The molecular weight excluding hydrogens is 286 g/mol. The highest BCUT2D eigenvalue weighted by Gasteiger charge is 2.52. The second-order valence-corrected chi connectivity index (χ2v) is 6.93. The molecule has 1 heterocycles. The van der Waals surface area contributed by atoms with Crippen molar-refractivity contribution in [1.82, 2.24) is 4.90 Å². The third-order valence-corrected chi connectivity index (χ3v) is 3.95. The van der Waals surface area contributed by atoms with E-state index in [1.807, 2.05) is 24.3 Å². The molecule has 3 atom stereocenters. The number of aliphatic hydroxyl groups is 1. The Hall–Kier alpha value is -1.82. The molecule has 0 bridgehead atoms. The van der Waals surface area contributed by atoms with Gasteiger partial charge in [0.1, 0.15) is 11.6 Å². The number of carbonyl (C=O) groups is 2. The Balaban J connectivity index is 2.19. The van der Waals surface area contributed by atoms with Gasteiger partial charge in [-0.1, -0.05) is 24.3 Å². The Morgan fingerprint density at radius 3 is 2.50 bits per heavy atom. The standard InChI is InChI=1S/C16H23NO5/c1-15(2,3)22-14(20)17-10-16(21,9-12(17)13(18)19)11-7-5-4-6-8-11/h4-7,11-12,21H,8-10H2,1-3H3,(H,18,19)/t11?,12-,16-/m0/s1. The van der Waals surface area contributed by atoms with Gasteiger partial charge in [-0.05, 0) is 27.2 Å². The van der Waals surface area contributed by atoms with Gasteiger partial charge < -0.3 is 14.9 Å². The highest BCUT2D eigenvalue weighted by Crippen LogP contribution is 2.37. The zero-order valence-electron chi connectivity index (χ0n) is 13.2. The number of allylic oxidation sites excluding steroid dienone is 3. The van der Waals surface area contributed by atoms with Crippen LogP contribution in [-0.4, -0.2) is 51.0 Å². The van der Waals surface area contributed by atoms with Crippen molar-refractivity contribution in [2.24, 2.45) is 5.92 Å². The molecule has 1 saturated heterocycles. The number of ether oxygens (including phenoxy) is 1. The second-order valence-electron chi connectivity index (χ2n) is 6.93. The smallest absolute Gasteiger partial charge is 0.411 e. The number of β-amino-alcohol motifs (C(OH)–C–C–N with tert-alkyl or cyclic N) is 1. The Kier molecular flexibility index (Phi) is 4.33. The minimum absolute atomic E-state index is 0.00439. The van der Waals surface area contributed by atoms with Crippen molar-refractivity contribution in [3.63, 3.8) is 0 Å². The fourth-order valence-electron chi connectivity index (χ4n) is 2.90. The molecule has 1 fully saturated rings. The Morgan fingerprint density at radius 1 is 1.32 bits per heavy atom. The summed E-state index contributed by atoms with van der Waals surface area (Å²) in [6, 6.07) is -1.07. The number of rotatable bonds is 2. The molecule has 6 heteroatoms. The van der Waals surface area contributed by atoms with E-state index in [0.29, 0.717) is 6.42 Å². The first-order chi connectivity index (χ1) is 10.1. The summed E-state index contributed by atoms with van der Waals surface area (Å²) in [5.74, 6) is -1.33. The van der Waals surface area contributed by atoms with E-state index < -0.39 is 29.3 Å². The van der Waals surface area contributed by atoms with Crippen molar-refractivity contribution in [3.8, 4) is 0 Å². The molecule has 122 valence electrons. The maximum atomic E-state index is 12.2. The van der Waals surface area contributed by atoms with Crippen LogP contribution in [0.3, 0.4) is 0 Å². The number of carboxylic acid groups (broad SMARTS) is 1. The van der Waals surface area contributed by atoms with Gasteiger partial charge in [-0.3, -0.25) is 4.90 Å². The van der Waals surface area contributed by atoms with Crippen LogP contribution in [0, 0.1) is 5.92 Å². The molecule has 2 rings (SSSR count). The predicted molar refractivity (Wildman–Crippen MR) is 80.3 cm³/mol. The summed E-state index contributed by atoms with van der Waals surface area (Å²) in [5.41, 5.74) is -1.96. The van der Waals surface area contributed by atoms with Crippen LogP contribution in [-0.2, 0) is 9.53 Å². The Morgan fingerprint density at radius 2 is 2.00 bits per heavy atom. The summed E-state index contributed by atoms with van der Waals surface area (Å²) in [5, 5.41) is 20.2. The number of likely N-dealkylation sites (tertiary alicyclic amines) is 1. The number of carbonyl (C=O) groups excluding carboxylic acids is 1. The third-order valence-electron chi connectivity index (χ3n) is 3.95. The van der Waals surface area contributed by atoms with E-state index in [0.717, 1.165) is 4.90 Å². The van der Waals surface area contributed by atoms with E-state index in [-0.39, 0.29) is 18.9 Å². The molecule has 0 radical (unpaired) electrons. The van der Waals surface area contributed by atoms with Gasteiger partial charge in [0, 0.05) is 12.3 Å². The zero-order chi connectivity index (χ0) is 16.5. The predicted octanol–water partition coefficient (Wildman–Crippen LogP) is 1.94. The minimum Gasteiger partial charge on any atom is -0.480 e. The number of nitrogens with zero attached hydrogens (tertiary/aromatic N) is 1. The number of carboxylic acids is 1. The van der Waals surface area contributed by atoms with Crippen LogP contribution in [0.5, 0.6) is 0 Å². The van der Waals surface area contributed by atoms with E-state index in [9.17, 15) is 19.8 Å². The molecule has 0 aromatic carbocycles. The molecule has 1 aliphatic carbocycles.